The molecule has 1 N–H and O–H groups in total. The first-order valence-electron chi connectivity index (χ1n) is 10.5. The van der Waals surface area contributed by atoms with Crippen LogP contribution in [-0.2, 0) is 17.5 Å². The summed E-state index contributed by atoms with van der Waals surface area (Å²) < 4.78 is 75.2. The molecule has 2 aliphatic rings. The fraction of sp³-hybridized carbons (Fsp3) is 0.333. The Morgan fingerprint density at radius 3 is 2.51 bits per heavy atom. The minimum absolute atomic E-state index is 0.0237. The zero-order chi connectivity index (χ0) is 24.4. The largest absolute Gasteiger partial charge is 0.593 e. The van der Waals surface area contributed by atoms with Crippen LogP contribution in [-0.4, -0.2) is 49.7 Å². The van der Waals surface area contributed by atoms with E-state index in [0.29, 0.717) is 40.8 Å². The highest BCUT2D eigenvalue weighted by Crippen LogP contribution is 2.41. The third-order valence-corrected chi connectivity index (χ3v) is 6.48. The van der Waals surface area contributed by atoms with Crippen LogP contribution in [0.5, 0.6) is 23.4 Å². The molecule has 3 aromatic rings. The number of alkyl halides is 3. The summed E-state index contributed by atoms with van der Waals surface area (Å²) in [6, 6.07) is 5.03. The normalized spacial score (nSPS) is 15.5. The van der Waals surface area contributed by atoms with Crippen LogP contribution in [0.4, 0.5) is 19.0 Å². The van der Waals surface area contributed by atoms with Gasteiger partial charge in [0.15, 0.2) is 17.3 Å². The van der Waals surface area contributed by atoms with Gasteiger partial charge in [-0.2, -0.15) is 17.9 Å². The van der Waals surface area contributed by atoms with Gasteiger partial charge in [-0.15, -0.1) is 0 Å². The van der Waals surface area contributed by atoms with Crippen LogP contribution in [0.2, 0.25) is 0 Å². The lowest BCUT2D eigenvalue weighted by Gasteiger charge is -2.16. The van der Waals surface area contributed by atoms with Gasteiger partial charge in [0.25, 0.3) is 0 Å². The monoisotopic (exact) mass is 509 g/mol. The van der Waals surface area contributed by atoms with E-state index in [1.165, 1.54) is 6.33 Å². The van der Waals surface area contributed by atoms with Gasteiger partial charge >= 0.3 is 12.2 Å². The van der Waals surface area contributed by atoms with Gasteiger partial charge in [0.05, 0.1) is 22.5 Å². The van der Waals surface area contributed by atoms with Crippen molar-refractivity contribution in [3.05, 3.63) is 42.5 Å². The predicted molar refractivity (Wildman–Crippen MR) is 116 cm³/mol. The smallest absolute Gasteiger partial charge is 0.419 e. The highest BCUT2D eigenvalue weighted by molar-refractivity contribution is 7.93. The van der Waals surface area contributed by atoms with Crippen molar-refractivity contribution in [2.24, 2.45) is 0 Å². The van der Waals surface area contributed by atoms with E-state index in [-0.39, 0.29) is 37.1 Å². The zero-order valence-electron chi connectivity index (χ0n) is 17.9. The van der Waals surface area contributed by atoms with E-state index in [1.807, 2.05) is 0 Å². The number of anilines is 1. The topological polar surface area (TPSA) is 124 Å². The Bertz CT molecular complexity index is 1200. The second kappa shape index (κ2) is 9.62. The molecule has 1 saturated carbocycles. The number of fused-ring (bicyclic) bond motifs is 1. The Morgan fingerprint density at radius 2 is 1.77 bits per heavy atom. The SMILES string of the molecule is [O-][S+](Nc1ncnc(OCCOc2ncc(C(F)(F)F)cn2)c1-c1ccc2c(c1)OCO2)C1CC1. The maximum Gasteiger partial charge on any atom is 0.419 e. The lowest BCUT2D eigenvalue weighted by Crippen LogP contribution is -2.19. The first-order valence-corrected chi connectivity index (χ1v) is 11.7. The van der Waals surface area contributed by atoms with Crippen LogP contribution >= 0.6 is 0 Å². The van der Waals surface area contributed by atoms with Gasteiger partial charge in [-0.05, 0) is 17.7 Å². The summed E-state index contributed by atoms with van der Waals surface area (Å²) in [7, 11) is 0. The van der Waals surface area contributed by atoms with Crippen molar-refractivity contribution in [2.75, 3.05) is 24.7 Å². The second-order valence-electron chi connectivity index (χ2n) is 7.52. The second-order valence-corrected chi connectivity index (χ2v) is 8.98. The molecule has 3 heterocycles. The van der Waals surface area contributed by atoms with E-state index in [0.717, 1.165) is 12.8 Å². The molecule has 0 saturated heterocycles. The molecule has 0 amide bonds. The van der Waals surface area contributed by atoms with Crippen molar-refractivity contribution in [3.8, 4) is 34.5 Å². The Balaban J connectivity index is 1.31. The van der Waals surface area contributed by atoms with Crippen molar-refractivity contribution in [2.45, 2.75) is 24.3 Å². The minimum atomic E-state index is -4.53. The molecule has 14 heteroatoms. The molecule has 1 atom stereocenters. The number of halogens is 3. The molecule has 1 aliphatic heterocycles. The molecule has 35 heavy (non-hydrogen) atoms. The van der Waals surface area contributed by atoms with Crippen molar-refractivity contribution in [3.63, 3.8) is 0 Å². The fourth-order valence-corrected chi connectivity index (χ4v) is 4.21. The first-order chi connectivity index (χ1) is 16.9. The number of aromatic nitrogens is 4. The van der Waals surface area contributed by atoms with Crippen LogP contribution in [0.15, 0.2) is 36.9 Å². The first kappa shape index (κ1) is 23.2. The van der Waals surface area contributed by atoms with Gasteiger partial charge < -0.3 is 23.5 Å². The van der Waals surface area contributed by atoms with Gasteiger partial charge in [0.1, 0.15) is 24.8 Å². The highest BCUT2D eigenvalue weighted by atomic mass is 32.2. The van der Waals surface area contributed by atoms with Crippen LogP contribution < -0.4 is 23.7 Å². The molecule has 184 valence electrons. The molecule has 0 bridgehead atoms. The Kier molecular flexibility index (Phi) is 6.38. The summed E-state index contributed by atoms with van der Waals surface area (Å²) >= 11 is -1.32. The lowest BCUT2D eigenvalue weighted by atomic mass is 10.1. The van der Waals surface area contributed by atoms with E-state index in [4.69, 9.17) is 18.9 Å². The van der Waals surface area contributed by atoms with Gasteiger partial charge in [-0.3, -0.25) is 0 Å². The Hall–Kier alpha value is -3.52. The van der Waals surface area contributed by atoms with Crippen LogP contribution in [0.3, 0.4) is 0 Å². The molecule has 0 radical (unpaired) electrons. The minimum Gasteiger partial charge on any atom is -0.593 e. The highest BCUT2D eigenvalue weighted by Gasteiger charge is 2.36. The van der Waals surface area contributed by atoms with Crippen molar-refractivity contribution >= 4 is 17.2 Å². The molecular formula is C21H18F3N5O5S. The maximum absolute atomic E-state index is 12.6. The zero-order valence-corrected chi connectivity index (χ0v) is 18.8. The molecular weight excluding hydrogens is 491 g/mol. The molecule has 0 spiro atoms. The number of ether oxygens (including phenoxy) is 4. The molecule has 10 nitrogen and oxygen atoms in total. The van der Waals surface area contributed by atoms with Crippen LogP contribution in [0.1, 0.15) is 18.4 Å². The van der Waals surface area contributed by atoms with E-state index in [1.54, 1.807) is 18.2 Å². The summed E-state index contributed by atoms with van der Waals surface area (Å²) in [5.41, 5.74) is 0.136. The van der Waals surface area contributed by atoms with E-state index >= 15 is 0 Å². The van der Waals surface area contributed by atoms with Gasteiger partial charge in [-0.1, -0.05) is 6.07 Å². The number of rotatable bonds is 9. The molecule has 5 rings (SSSR count). The summed E-state index contributed by atoms with van der Waals surface area (Å²) in [5, 5.41) is 0.0658. The maximum atomic E-state index is 12.6. The lowest BCUT2D eigenvalue weighted by molar-refractivity contribution is -0.138. The molecule has 1 fully saturated rings. The Morgan fingerprint density at radius 1 is 1.03 bits per heavy atom. The number of benzene rings is 1. The Labute approximate surface area is 200 Å². The van der Waals surface area contributed by atoms with E-state index in [9.17, 15) is 17.7 Å². The molecule has 1 aliphatic carbocycles. The van der Waals surface area contributed by atoms with Crippen molar-refractivity contribution in [1.82, 2.24) is 19.9 Å². The van der Waals surface area contributed by atoms with E-state index < -0.39 is 23.1 Å². The third-order valence-electron chi connectivity index (χ3n) is 5.01. The summed E-state index contributed by atoms with van der Waals surface area (Å²) in [6.07, 6.45) is -0.229. The van der Waals surface area contributed by atoms with Crippen LogP contribution in [0, 0.1) is 0 Å². The number of hydrogen-bond donors (Lipinski definition) is 1. The third kappa shape index (κ3) is 5.43. The van der Waals surface area contributed by atoms with Gasteiger partial charge in [0.2, 0.25) is 12.7 Å². The van der Waals surface area contributed by atoms with Gasteiger partial charge in [-0.25, -0.2) is 19.9 Å². The van der Waals surface area contributed by atoms with Crippen LogP contribution in [0.25, 0.3) is 11.1 Å². The fourth-order valence-electron chi connectivity index (χ4n) is 3.14. The van der Waals surface area contributed by atoms with Gasteiger partial charge in [0, 0.05) is 25.2 Å². The predicted octanol–water partition coefficient (Wildman–Crippen LogP) is 3.38. The number of nitrogens with one attached hydrogen (secondary N) is 1. The quantitative estimate of drug-likeness (QED) is 0.339. The molecule has 1 aromatic carbocycles. The van der Waals surface area contributed by atoms with Crippen molar-refractivity contribution in [1.29, 1.82) is 0 Å². The number of hydrogen-bond acceptors (Lipinski definition) is 10. The summed E-state index contributed by atoms with van der Waals surface area (Å²) in [6.45, 7) is 0.0183. The average Bonchev–Trinajstić information content (AvgIpc) is 3.59. The summed E-state index contributed by atoms with van der Waals surface area (Å²) in [5.74, 6) is 1.64. The standard InChI is InChI=1S/C21H18F3N5O5S/c22-21(23,24)13-8-25-20(26-9-13)32-6-5-31-19-17(12-1-4-15-16(7-12)34-11-33-15)18(27-10-28-19)29-35(30)14-2-3-14/h1,4,7-10,14H,2-3,5-6,11H2,(H,27,28,29). The summed E-state index contributed by atoms with van der Waals surface area (Å²) in [4.78, 5) is 15.6. The van der Waals surface area contributed by atoms with E-state index in [2.05, 4.69) is 24.7 Å². The number of nitrogens with zero attached hydrogens (tertiary/aromatic N) is 4. The average molecular weight is 509 g/mol. The molecule has 1 unspecified atom stereocenters. The molecule has 2 aromatic heterocycles. The van der Waals surface area contributed by atoms with Crippen molar-refractivity contribution < 1.29 is 36.7 Å².